The average molecular weight is 309 g/mol. The first kappa shape index (κ1) is 14.5. The Morgan fingerprint density at radius 1 is 1.52 bits per heavy atom. The summed E-state index contributed by atoms with van der Waals surface area (Å²) in [5, 5.41) is 5.55. The molecule has 6 nitrogen and oxygen atoms in total. The second kappa shape index (κ2) is 6.11. The fourth-order valence-electron chi connectivity index (χ4n) is 3.06. The van der Waals surface area contributed by atoms with Gasteiger partial charge in [-0.2, -0.15) is 0 Å². The largest absolute Gasteiger partial charge is 0.461 e. The van der Waals surface area contributed by atoms with E-state index in [1.807, 2.05) is 0 Å². The molecule has 2 atom stereocenters. The molecule has 2 aliphatic heterocycles. The van der Waals surface area contributed by atoms with Gasteiger partial charge in [-0.25, -0.2) is 9.78 Å². The van der Waals surface area contributed by atoms with Gasteiger partial charge in [0.15, 0.2) is 5.69 Å². The molecule has 0 unspecified atom stereocenters. The molecule has 0 radical (unpaired) electrons. The van der Waals surface area contributed by atoms with Gasteiger partial charge in [0.1, 0.15) is 5.01 Å². The zero-order valence-corrected chi connectivity index (χ0v) is 12.8. The van der Waals surface area contributed by atoms with Gasteiger partial charge in [0.25, 0.3) is 0 Å². The lowest BCUT2D eigenvalue weighted by molar-refractivity contribution is -0.124. The molecule has 0 saturated carbocycles. The highest BCUT2D eigenvalue weighted by Crippen LogP contribution is 2.36. The molecule has 7 heteroatoms. The smallest absolute Gasteiger partial charge is 0.357 e. The Balaban J connectivity index is 1.76. The van der Waals surface area contributed by atoms with E-state index in [4.69, 9.17) is 4.74 Å². The summed E-state index contributed by atoms with van der Waals surface area (Å²) in [6, 6.07) is 0.0967. The second-order valence-corrected chi connectivity index (χ2v) is 6.17. The Morgan fingerprint density at radius 2 is 2.38 bits per heavy atom. The molecule has 1 aromatic heterocycles. The van der Waals surface area contributed by atoms with Gasteiger partial charge in [-0.1, -0.05) is 0 Å². The molecule has 1 amide bonds. The van der Waals surface area contributed by atoms with Crippen LogP contribution in [0.4, 0.5) is 0 Å². The summed E-state index contributed by atoms with van der Waals surface area (Å²) in [6.45, 7) is 3.79. The Labute approximate surface area is 127 Å². The van der Waals surface area contributed by atoms with E-state index in [2.05, 4.69) is 15.2 Å². The van der Waals surface area contributed by atoms with Crippen LogP contribution in [0, 0.1) is 0 Å². The zero-order valence-electron chi connectivity index (χ0n) is 12.0. The number of esters is 1. The van der Waals surface area contributed by atoms with E-state index in [1.165, 1.54) is 11.3 Å². The van der Waals surface area contributed by atoms with E-state index < -0.39 is 0 Å². The fraction of sp³-hybridized carbons (Fsp3) is 0.643. The number of nitrogens with zero attached hydrogens (tertiary/aromatic N) is 2. The van der Waals surface area contributed by atoms with Crippen LogP contribution in [-0.4, -0.2) is 47.5 Å². The minimum atomic E-state index is -0.372. The predicted molar refractivity (Wildman–Crippen MR) is 78.2 cm³/mol. The molecule has 2 fully saturated rings. The van der Waals surface area contributed by atoms with Gasteiger partial charge in [0.2, 0.25) is 5.91 Å². The quantitative estimate of drug-likeness (QED) is 0.850. The van der Waals surface area contributed by atoms with Crippen LogP contribution < -0.4 is 5.32 Å². The van der Waals surface area contributed by atoms with Gasteiger partial charge >= 0.3 is 5.97 Å². The number of ether oxygens (including phenoxy) is 1. The van der Waals surface area contributed by atoms with Crippen LogP contribution >= 0.6 is 11.3 Å². The number of nitrogens with one attached hydrogen (secondary N) is 1. The lowest BCUT2D eigenvalue weighted by Crippen LogP contribution is -2.40. The van der Waals surface area contributed by atoms with E-state index in [9.17, 15) is 9.59 Å². The van der Waals surface area contributed by atoms with Crippen LogP contribution in [0.3, 0.4) is 0 Å². The Bertz CT molecular complexity index is 545. The van der Waals surface area contributed by atoms with Crippen LogP contribution in [0.5, 0.6) is 0 Å². The zero-order chi connectivity index (χ0) is 14.8. The van der Waals surface area contributed by atoms with Crippen molar-refractivity contribution in [3.05, 3.63) is 16.1 Å². The third-order valence-corrected chi connectivity index (χ3v) is 4.95. The minimum Gasteiger partial charge on any atom is -0.461 e. The third-order valence-electron chi connectivity index (χ3n) is 4.01. The SMILES string of the molecule is CCOC(=O)c1csc([C@H]2CCCN2[C@@H]2CCNC2=O)n1. The molecular formula is C14H19N3O3S. The maximum Gasteiger partial charge on any atom is 0.357 e. The molecular weight excluding hydrogens is 290 g/mol. The van der Waals surface area contributed by atoms with Crippen molar-refractivity contribution in [3.8, 4) is 0 Å². The number of likely N-dealkylation sites (tertiary alicyclic amines) is 1. The van der Waals surface area contributed by atoms with Crippen molar-refractivity contribution in [2.75, 3.05) is 19.7 Å². The van der Waals surface area contributed by atoms with E-state index in [-0.39, 0.29) is 24.0 Å². The number of amides is 1. The number of aromatic nitrogens is 1. The van der Waals surface area contributed by atoms with Crippen LogP contribution in [0.2, 0.25) is 0 Å². The van der Waals surface area contributed by atoms with Crippen LogP contribution in [0.15, 0.2) is 5.38 Å². The van der Waals surface area contributed by atoms with Gasteiger partial charge in [0, 0.05) is 11.9 Å². The summed E-state index contributed by atoms with van der Waals surface area (Å²) in [5.41, 5.74) is 0.375. The average Bonchev–Trinajstić information content (AvgIpc) is 3.17. The second-order valence-electron chi connectivity index (χ2n) is 5.28. The lowest BCUT2D eigenvalue weighted by atomic mass is 10.1. The standard InChI is InChI=1S/C14H19N3O3S/c1-2-20-14(19)9-8-21-13(16-9)11-4-3-7-17(11)10-5-6-15-12(10)18/h8,10-11H,2-7H2,1H3,(H,15,18)/t10-,11-/m1/s1. The van der Waals surface area contributed by atoms with Crippen molar-refractivity contribution in [1.82, 2.24) is 15.2 Å². The highest BCUT2D eigenvalue weighted by molar-refractivity contribution is 7.09. The number of rotatable bonds is 4. The Morgan fingerprint density at radius 3 is 3.10 bits per heavy atom. The van der Waals surface area contributed by atoms with Crippen LogP contribution in [0.1, 0.15) is 47.7 Å². The summed E-state index contributed by atoms with van der Waals surface area (Å²) in [4.78, 5) is 30.3. The lowest BCUT2D eigenvalue weighted by Gasteiger charge is -2.27. The minimum absolute atomic E-state index is 0.0487. The summed E-state index contributed by atoms with van der Waals surface area (Å²) in [6.07, 6.45) is 2.90. The van der Waals surface area contributed by atoms with Gasteiger partial charge in [-0.3, -0.25) is 9.69 Å². The van der Waals surface area contributed by atoms with E-state index in [0.717, 1.165) is 37.4 Å². The van der Waals surface area contributed by atoms with Gasteiger partial charge in [0.05, 0.1) is 18.7 Å². The first-order chi connectivity index (χ1) is 10.2. The van der Waals surface area contributed by atoms with Gasteiger partial charge in [-0.05, 0) is 32.7 Å². The van der Waals surface area contributed by atoms with Gasteiger partial charge < -0.3 is 10.1 Å². The summed E-state index contributed by atoms with van der Waals surface area (Å²) >= 11 is 1.48. The molecule has 0 aromatic carbocycles. The number of carbonyl (C=O) groups is 2. The summed E-state index contributed by atoms with van der Waals surface area (Å²) < 4.78 is 4.98. The predicted octanol–water partition coefficient (Wildman–Crippen LogP) is 1.35. The summed E-state index contributed by atoms with van der Waals surface area (Å²) in [5.74, 6) is -0.257. The highest BCUT2D eigenvalue weighted by Gasteiger charge is 2.39. The highest BCUT2D eigenvalue weighted by atomic mass is 32.1. The van der Waals surface area contributed by atoms with Crippen molar-refractivity contribution < 1.29 is 14.3 Å². The Hall–Kier alpha value is -1.47. The molecule has 2 aliphatic rings. The van der Waals surface area contributed by atoms with Gasteiger partial charge in [-0.15, -0.1) is 11.3 Å². The first-order valence-electron chi connectivity index (χ1n) is 7.36. The third kappa shape index (κ3) is 2.80. The monoisotopic (exact) mass is 309 g/mol. The number of carbonyl (C=O) groups excluding carboxylic acids is 2. The van der Waals surface area contributed by atoms with E-state index >= 15 is 0 Å². The molecule has 0 aliphatic carbocycles. The Kier molecular flexibility index (Phi) is 4.21. The number of hydrogen-bond acceptors (Lipinski definition) is 6. The summed E-state index contributed by atoms with van der Waals surface area (Å²) in [7, 11) is 0. The number of hydrogen-bond donors (Lipinski definition) is 1. The van der Waals surface area contributed by atoms with Crippen molar-refractivity contribution in [1.29, 1.82) is 0 Å². The van der Waals surface area contributed by atoms with Crippen molar-refractivity contribution in [2.45, 2.75) is 38.3 Å². The first-order valence-corrected chi connectivity index (χ1v) is 8.24. The van der Waals surface area contributed by atoms with E-state index in [1.54, 1.807) is 12.3 Å². The topological polar surface area (TPSA) is 71.5 Å². The van der Waals surface area contributed by atoms with Crippen molar-refractivity contribution >= 4 is 23.2 Å². The molecule has 0 spiro atoms. The maximum absolute atomic E-state index is 11.9. The molecule has 2 saturated heterocycles. The normalized spacial score (nSPS) is 26.0. The van der Waals surface area contributed by atoms with Crippen LogP contribution in [-0.2, 0) is 9.53 Å². The molecule has 3 heterocycles. The number of thiazole rings is 1. The van der Waals surface area contributed by atoms with Crippen molar-refractivity contribution in [3.63, 3.8) is 0 Å². The molecule has 1 aromatic rings. The van der Waals surface area contributed by atoms with Crippen molar-refractivity contribution in [2.24, 2.45) is 0 Å². The maximum atomic E-state index is 11.9. The molecule has 1 N–H and O–H groups in total. The van der Waals surface area contributed by atoms with Crippen LogP contribution in [0.25, 0.3) is 0 Å². The molecule has 21 heavy (non-hydrogen) atoms. The molecule has 3 rings (SSSR count). The molecule has 0 bridgehead atoms. The molecule has 114 valence electrons. The fourth-order valence-corrected chi connectivity index (χ4v) is 4.01. The van der Waals surface area contributed by atoms with E-state index in [0.29, 0.717) is 12.3 Å².